The lowest BCUT2D eigenvalue weighted by molar-refractivity contribution is -0.385. The third-order valence-corrected chi connectivity index (χ3v) is 17.4. The van der Waals surface area contributed by atoms with Crippen LogP contribution in [0.25, 0.3) is 33.4 Å². The first kappa shape index (κ1) is 78.7. The van der Waals surface area contributed by atoms with Gasteiger partial charge >= 0.3 is 23.6 Å². The number of carbonyl (C=O) groups is 3. The Hall–Kier alpha value is -10.9. The summed E-state index contributed by atoms with van der Waals surface area (Å²) in [6.45, 7) is 18.9. The average Bonchev–Trinajstić information content (AvgIpc) is 0.780. The van der Waals surface area contributed by atoms with Gasteiger partial charge in [-0.1, -0.05) is 72.8 Å². The van der Waals surface area contributed by atoms with Gasteiger partial charge in [0.2, 0.25) is 5.75 Å². The quantitative estimate of drug-likeness (QED) is 0.0401. The van der Waals surface area contributed by atoms with E-state index in [9.17, 15) is 29.6 Å². The van der Waals surface area contributed by atoms with E-state index in [1.165, 1.54) is 20.3 Å². The molecule has 562 valence electrons. The summed E-state index contributed by atoms with van der Waals surface area (Å²) < 4.78 is 64.6. The number of benzene rings is 9. The lowest BCUT2D eigenvalue weighted by Gasteiger charge is -2.29. The van der Waals surface area contributed by atoms with Gasteiger partial charge in [0, 0.05) is 50.9 Å². The second kappa shape index (κ2) is 34.5. The van der Waals surface area contributed by atoms with Gasteiger partial charge in [-0.3, -0.25) is 10.1 Å². The standard InChI is InChI=1S/C30H35NO5.C29H33NO5.C28H29NO7/c1-30(2,3)36-28(29(32)33-6)24-18-25(31(4)5)27(35-22-12-8-7-9-13-22)19-23(24)20-14-15-26-21(17-20)11-10-16-34-26;1-29(2,3)35-27(28(31)32)23-17-24(30(4)5)26(34-21-11-7-6-8-12-21)18-22(23)19-13-14-25-20(16-19)10-9-15-33-25;1-28(2,3)36-26(27(30)33-4)22-16-23(29(31)32)25(35-20-10-6-5-7-11-20)17-21(22)18-12-13-24-19(15-18)9-8-14-34-24/h7-9,12-15,17-19,28H,10-11,16H2,1-6H3;6-8,11-14,16-18,27H,9-10,15H2,1-5H3,(H,31,32);5-7,10-13,15-17,26H,8-9,14H2,1-4H3. The molecule has 20 heteroatoms. The van der Waals surface area contributed by atoms with Crippen LogP contribution in [-0.4, -0.2) is 107 Å². The SMILES string of the molecule is CN(C)c1cc(C(OC(C)(C)C)C(=O)O)c(-c2ccc3c(c2)CCCO3)cc1Oc1ccccc1.COC(=O)C(OC(C)(C)C)c1cc(N(C)C)c(Oc2ccccc2)cc1-c1ccc2c(c1)CCCO2.COC(=O)C(OC(C)(C)C)c1cc([N+](=O)[O-])c(Oc2ccccc2)cc1-c1ccc2c(c1)CCCO2. The first-order valence-corrected chi connectivity index (χ1v) is 35.9. The van der Waals surface area contributed by atoms with E-state index in [4.69, 9.17) is 52.1 Å². The van der Waals surface area contributed by atoms with Gasteiger partial charge in [0.05, 0.1) is 67.1 Å². The van der Waals surface area contributed by atoms with Crippen LogP contribution in [0.15, 0.2) is 182 Å². The van der Waals surface area contributed by atoms with Crippen LogP contribution < -0.4 is 38.2 Å². The van der Waals surface area contributed by atoms with Crippen molar-refractivity contribution in [3.8, 4) is 85.1 Å². The van der Waals surface area contributed by atoms with Gasteiger partial charge < -0.3 is 67.0 Å². The molecule has 1 N–H and O–H groups in total. The monoisotopic (exact) mass is 1460 g/mol. The van der Waals surface area contributed by atoms with E-state index in [1.807, 2.05) is 213 Å². The van der Waals surface area contributed by atoms with E-state index in [0.29, 0.717) is 52.9 Å². The highest BCUT2D eigenvalue weighted by Crippen LogP contribution is 2.48. The fourth-order valence-corrected chi connectivity index (χ4v) is 12.7. The number of carboxylic acids is 1. The number of ether oxygens (including phenoxy) is 11. The van der Waals surface area contributed by atoms with Crippen molar-refractivity contribution < 1.29 is 76.5 Å². The molecule has 3 unspecified atom stereocenters. The summed E-state index contributed by atoms with van der Waals surface area (Å²) in [6, 6.07) is 56.7. The zero-order valence-corrected chi connectivity index (χ0v) is 63.7. The van der Waals surface area contributed by atoms with Gasteiger partial charge in [-0.2, -0.15) is 0 Å². The fourth-order valence-electron chi connectivity index (χ4n) is 12.7. The first-order chi connectivity index (χ1) is 50.9. The van der Waals surface area contributed by atoms with E-state index in [1.54, 1.807) is 51.1 Å². The second-order valence-corrected chi connectivity index (χ2v) is 29.6. The molecule has 0 radical (unpaired) electrons. The number of aryl methyl sites for hydroxylation is 3. The normalized spacial score (nSPS) is 13.9. The number of para-hydroxylation sites is 3. The van der Waals surface area contributed by atoms with Crippen LogP contribution in [0.4, 0.5) is 17.1 Å². The maximum Gasteiger partial charge on any atom is 0.339 e. The Bertz CT molecular complexity index is 4600. The predicted molar refractivity (Wildman–Crippen MR) is 414 cm³/mol. The molecular formula is C87H97N3O17. The Labute approximate surface area is 627 Å². The highest BCUT2D eigenvalue weighted by Gasteiger charge is 2.37. The zero-order valence-electron chi connectivity index (χ0n) is 63.7. The molecule has 0 spiro atoms. The van der Waals surface area contributed by atoms with Crippen molar-refractivity contribution in [1.82, 2.24) is 0 Å². The molecule has 107 heavy (non-hydrogen) atoms. The molecule has 0 aliphatic carbocycles. The summed E-state index contributed by atoms with van der Waals surface area (Å²) in [4.78, 5) is 53.9. The summed E-state index contributed by atoms with van der Waals surface area (Å²) in [7, 11) is 10.4. The molecule has 0 amide bonds. The molecule has 0 aromatic heterocycles. The second-order valence-electron chi connectivity index (χ2n) is 29.6. The van der Waals surface area contributed by atoms with Crippen molar-refractivity contribution in [2.24, 2.45) is 0 Å². The number of aliphatic carboxylic acids is 1. The fraction of sp³-hybridized carbons (Fsp3) is 0.345. The molecule has 9 aromatic carbocycles. The van der Waals surface area contributed by atoms with Crippen LogP contribution in [0.1, 0.15) is 133 Å². The highest BCUT2D eigenvalue weighted by molar-refractivity contribution is 5.87. The van der Waals surface area contributed by atoms with E-state index in [0.717, 1.165) is 130 Å². The van der Waals surface area contributed by atoms with Gasteiger partial charge in [0.15, 0.2) is 29.8 Å². The van der Waals surface area contributed by atoms with Crippen molar-refractivity contribution >= 4 is 35.0 Å². The van der Waals surface area contributed by atoms with Crippen molar-refractivity contribution in [3.63, 3.8) is 0 Å². The summed E-state index contributed by atoms with van der Waals surface area (Å²) >= 11 is 0. The van der Waals surface area contributed by atoms with Gasteiger partial charge in [-0.05, 0) is 254 Å². The zero-order chi connectivity index (χ0) is 76.9. The van der Waals surface area contributed by atoms with Crippen molar-refractivity contribution in [3.05, 3.63) is 225 Å². The van der Waals surface area contributed by atoms with E-state index < -0.39 is 57.9 Å². The van der Waals surface area contributed by atoms with Crippen LogP contribution in [0.2, 0.25) is 0 Å². The number of carboxylic acid groups (broad SMARTS) is 1. The number of methoxy groups -OCH3 is 2. The molecule has 3 aliphatic rings. The third kappa shape index (κ3) is 20.6. The lowest BCUT2D eigenvalue weighted by atomic mass is 9.92. The van der Waals surface area contributed by atoms with Crippen LogP contribution in [0, 0.1) is 10.1 Å². The third-order valence-electron chi connectivity index (χ3n) is 17.4. The van der Waals surface area contributed by atoms with Gasteiger partial charge in [0.25, 0.3) is 0 Å². The minimum absolute atomic E-state index is 0.0540. The number of nitrogens with zero attached hydrogens (tertiary/aromatic N) is 3. The number of hydrogen-bond acceptors (Lipinski definition) is 18. The molecule has 12 rings (SSSR count). The van der Waals surface area contributed by atoms with E-state index in [2.05, 4.69) is 12.1 Å². The molecule has 3 atom stereocenters. The molecule has 0 saturated heterocycles. The summed E-state index contributed by atoms with van der Waals surface area (Å²) in [5, 5.41) is 22.3. The van der Waals surface area contributed by atoms with Gasteiger partial charge in [0.1, 0.15) is 34.5 Å². The lowest BCUT2D eigenvalue weighted by Crippen LogP contribution is -2.28. The Morgan fingerprint density at radius 1 is 0.430 bits per heavy atom. The van der Waals surface area contributed by atoms with Crippen LogP contribution in [0.5, 0.6) is 51.7 Å². The summed E-state index contributed by atoms with van der Waals surface area (Å²) in [6.07, 6.45) is 2.27. The van der Waals surface area contributed by atoms with Crippen LogP contribution in [0.3, 0.4) is 0 Å². The number of anilines is 2. The number of rotatable bonds is 21. The number of esters is 2. The molecule has 0 bridgehead atoms. The number of carbonyl (C=O) groups excluding carboxylic acids is 2. The molecule has 3 heterocycles. The van der Waals surface area contributed by atoms with Crippen LogP contribution in [-0.2, 0) is 57.3 Å². The largest absolute Gasteiger partial charge is 0.493 e. The van der Waals surface area contributed by atoms with Crippen LogP contribution >= 0.6 is 0 Å². The maximum atomic E-state index is 13.1. The van der Waals surface area contributed by atoms with Gasteiger partial charge in [-0.25, -0.2) is 14.4 Å². The Morgan fingerprint density at radius 2 is 0.738 bits per heavy atom. The maximum absolute atomic E-state index is 13.1. The Balaban J connectivity index is 0.000000172. The first-order valence-electron chi connectivity index (χ1n) is 35.9. The highest BCUT2D eigenvalue weighted by atomic mass is 16.6. The number of hydrogen-bond donors (Lipinski definition) is 1. The molecule has 20 nitrogen and oxygen atoms in total. The van der Waals surface area contributed by atoms with Gasteiger partial charge in [-0.15, -0.1) is 0 Å². The molecule has 3 aliphatic heterocycles. The number of fused-ring (bicyclic) bond motifs is 3. The van der Waals surface area contributed by atoms with Crippen molar-refractivity contribution in [1.29, 1.82) is 0 Å². The average molecular weight is 1460 g/mol. The van der Waals surface area contributed by atoms with Crippen molar-refractivity contribution in [2.45, 2.75) is 136 Å². The van der Waals surface area contributed by atoms with E-state index in [-0.39, 0.29) is 11.4 Å². The molecule has 0 fully saturated rings. The van der Waals surface area contributed by atoms with Crippen molar-refractivity contribution in [2.75, 3.05) is 72.0 Å². The summed E-state index contributed by atoms with van der Waals surface area (Å²) in [5.41, 5.74) is 9.05. The molecule has 0 saturated carbocycles. The Morgan fingerprint density at radius 3 is 1.05 bits per heavy atom. The predicted octanol–water partition coefficient (Wildman–Crippen LogP) is 19.5. The number of nitro benzene ring substituents is 1. The number of nitro groups is 1. The molecular weight excluding hydrogens is 1360 g/mol. The Kier molecular flexibility index (Phi) is 25.4. The molecule has 9 aromatic rings. The summed E-state index contributed by atoms with van der Waals surface area (Å²) in [5.74, 6) is 3.71. The smallest absolute Gasteiger partial charge is 0.339 e. The topological polar surface area (TPSA) is 223 Å². The van der Waals surface area contributed by atoms with E-state index >= 15 is 0 Å². The minimum atomic E-state index is -1.19. The minimum Gasteiger partial charge on any atom is -0.493 e.